The number of ether oxygens (including phenoxy) is 4. The van der Waals surface area contributed by atoms with E-state index in [4.69, 9.17) is 18.9 Å². The maximum atomic E-state index is 12.5. The molecule has 8 nitrogen and oxygen atoms in total. The maximum Gasteiger partial charge on any atom is 0.338 e. The van der Waals surface area contributed by atoms with Gasteiger partial charge in [0.2, 0.25) is 0 Å². The molecule has 3 aromatic carbocycles. The number of hydrogen-bond donors (Lipinski definition) is 0. The van der Waals surface area contributed by atoms with Crippen LogP contribution >= 0.6 is 0 Å². The summed E-state index contributed by atoms with van der Waals surface area (Å²) in [7, 11) is 0. The van der Waals surface area contributed by atoms with Gasteiger partial charge in [-0.05, 0) is 81.1 Å². The SMILES string of the molecule is C=C(C)C(=O)Oc1cc(-c2ccc(-c3ccc(OC(=O)/C(C)=C\C)c(OC(=O)/C(C)=C\C)c3)cc2)ccc1OC=O. The Labute approximate surface area is 238 Å². The number of carbonyl (C=O) groups is 4. The fourth-order valence-electron chi connectivity index (χ4n) is 3.41. The van der Waals surface area contributed by atoms with E-state index in [9.17, 15) is 19.2 Å². The number of hydrogen-bond acceptors (Lipinski definition) is 8. The summed E-state index contributed by atoms with van der Waals surface area (Å²) in [5, 5.41) is 0. The molecule has 0 aliphatic heterocycles. The van der Waals surface area contributed by atoms with Gasteiger partial charge in [-0.25, -0.2) is 14.4 Å². The average Bonchev–Trinajstić information content (AvgIpc) is 2.97. The van der Waals surface area contributed by atoms with Crippen molar-refractivity contribution in [3.63, 3.8) is 0 Å². The highest BCUT2D eigenvalue weighted by Gasteiger charge is 2.18. The van der Waals surface area contributed by atoms with Crippen LogP contribution in [0.25, 0.3) is 22.3 Å². The second kappa shape index (κ2) is 13.7. The summed E-state index contributed by atoms with van der Waals surface area (Å²) in [6.45, 7) is 12.0. The molecule has 0 unspecified atom stereocenters. The largest absolute Gasteiger partial charge is 0.425 e. The van der Waals surface area contributed by atoms with Gasteiger partial charge in [-0.2, -0.15) is 0 Å². The summed E-state index contributed by atoms with van der Waals surface area (Å²) in [5.74, 6) is -1.38. The van der Waals surface area contributed by atoms with Crippen molar-refractivity contribution in [3.8, 4) is 45.3 Å². The Hall–Kier alpha value is -5.24. The van der Waals surface area contributed by atoms with Crippen molar-refractivity contribution in [2.45, 2.75) is 34.6 Å². The van der Waals surface area contributed by atoms with Crippen molar-refractivity contribution >= 4 is 24.4 Å². The lowest BCUT2D eigenvalue weighted by molar-refractivity contribution is -0.132. The molecule has 0 radical (unpaired) electrons. The fraction of sp³-hybridized carbons (Fsp3) is 0.152. The molecular weight excluding hydrogens is 524 g/mol. The monoisotopic (exact) mass is 554 g/mol. The summed E-state index contributed by atoms with van der Waals surface area (Å²) in [4.78, 5) is 47.8. The van der Waals surface area contributed by atoms with Gasteiger partial charge in [0, 0.05) is 16.7 Å². The maximum absolute atomic E-state index is 12.5. The Balaban J connectivity index is 1.96. The molecule has 210 valence electrons. The number of allylic oxidation sites excluding steroid dienone is 2. The summed E-state index contributed by atoms with van der Waals surface area (Å²) < 4.78 is 21.3. The Bertz CT molecular complexity index is 1560. The number of carbonyl (C=O) groups excluding carboxylic acids is 4. The first-order valence-electron chi connectivity index (χ1n) is 12.6. The highest BCUT2D eigenvalue weighted by atomic mass is 16.6. The molecule has 0 heterocycles. The summed E-state index contributed by atoms with van der Waals surface area (Å²) in [5.41, 5.74) is 4.02. The van der Waals surface area contributed by atoms with Crippen LogP contribution in [0.15, 0.2) is 96.1 Å². The van der Waals surface area contributed by atoms with Gasteiger partial charge in [-0.3, -0.25) is 4.79 Å². The van der Waals surface area contributed by atoms with Crippen molar-refractivity contribution in [2.24, 2.45) is 0 Å². The smallest absolute Gasteiger partial charge is 0.338 e. The summed E-state index contributed by atoms with van der Waals surface area (Å²) in [6.07, 6.45) is 3.26. The molecule has 0 aromatic heterocycles. The zero-order valence-electron chi connectivity index (χ0n) is 23.5. The van der Waals surface area contributed by atoms with Gasteiger partial charge in [0.15, 0.2) is 23.0 Å². The zero-order valence-corrected chi connectivity index (χ0v) is 23.5. The zero-order chi connectivity index (χ0) is 30.1. The van der Waals surface area contributed by atoms with Crippen molar-refractivity contribution in [3.05, 3.63) is 96.1 Å². The molecule has 0 aliphatic rings. The van der Waals surface area contributed by atoms with E-state index in [2.05, 4.69) is 6.58 Å². The Morgan fingerprint density at radius 3 is 1.41 bits per heavy atom. The van der Waals surface area contributed by atoms with Crippen molar-refractivity contribution in [1.29, 1.82) is 0 Å². The van der Waals surface area contributed by atoms with Crippen LogP contribution < -0.4 is 18.9 Å². The Kier molecular flexibility index (Phi) is 10.1. The van der Waals surface area contributed by atoms with E-state index < -0.39 is 17.9 Å². The van der Waals surface area contributed by atoms with Gasteiger partial charge >= 0.3 is 17.9 Å². The quantitative estimate of drug-likeness (QED) is 0.117. The molecular formula is C33H30O8. The lowest BCUT2D eigenvalue weighted by Gasteiger charge is -2.13. The Morgan fingerprint density at radius 2 is 0.976 bits per heavy atom. The highest BCUT2D eigenvalue weighted by molar-refractivity contribution is 5.92. The third kappa shape index (κ3) is 7.67. The van der Waals surface area contributed by atoms with Gasteiger partial charge in [0.05, 0.1) is 0 Å². The van der Waals surface area contributed by atoms with Crippen LogP contribution in [0, 0.1) is 0 Å². The second-order valence-electron chi connectivity index (χ2n) is 9.01. The molecule has 41 heavy (non-hydrogen) atoms. The van der Waals surface area contributed by atoms with E-state index in [1.807, 2.05) is 24.3 Å². The Morgan fingerprint density at radius 1 is 0.585 bits per heavy atom. The number of rotatable bonds is 10. The van der Waals surface area contributed by atoms with E-state index in [0.717, 1.165) is 11.1 Å². The fourth-order valence-corrected chi connectivity index (χ4v) is 3.41. The molecule has 0 atom stereocenters. The normalized spacial score (nSPS) is 11.3. The van der Waals surface area contributed by atoms with Crippen LogP contribution in [0.1, 0.15) is 34.6 Å². The van der Waals surface area contributed by atoms with Gasteiger partial charge in [0.1, 0.15) is 0 Å². The lowest BCUT2D eigenvalue weighted by Crippen LogP contribution is -2.13. The molecule has 0 saturated carbocycles. The second-order valence-corrected chi connectivity index (χ2v) is 9.01. The molecule has 0 fully saturated rings. The first kappa shape index (κ1) is 30.3. The molecule has 0 N–H and O–H groups in total. The standard InChI is InChI=1S/C33H30O8/c1-7-21(5)32(36)39-28-16-14-26(18-30(28)41-33(37)22(6)8-2)24-11-9-23(10-12-24)25-13-15-27(38-19-34)29(17-25)40-31(35)20(3)4/h7-19H,3H2,1-2,4-6H3/b21-7-,22-8-. The molecule has 8 heteroatoms. The molecule has 0 saturated heterocycles. The van der Waals surface area contributed by atoms with E-state index in [1.54, 1.807) is 70.2 Å². The third-order valence-corrected chi connectivity index (χ3v) is 6.08. The topological polar surface area (TPSA) is 105 Å². The van der Waals surface area contributed by atoms with Crippen LogP contribution in [0.5, 0.6) is 23.0 Å². The van der Waals surface area contributed by atoms with E-state index >= 15 is 0 Å². The van der Waals surface area contributed by atoms with Gasteiger partial charge in [-0.15, -0.1) is 0 Å². The van der Waals surface area contributed by atoms with Gasteiger partial charge < -0.3 is 18.9 Å². The van der Waals surface area contributed by atoms with Crippen LogP contribution in [0.3, 0.4) is 0 Å². The average molecular weight is 555 g/mol. The van der Waals surface area contributed by atoms with Crippen LogP contribution in [-0.4, -0.2) is 24.4 Å². The first-order valence-corrected chi connectivity index (χ1v) is 12.6. The minimum Gasteiger partial charge on any atom is -0.425 e. The predicted octanol–water partition coefficient (Wildman–Crippen LogP) is 6.78. The number of esters is 3. The predicted molar refractivity (Wildman–Crippen MR) is 155 cm³/mol. The minimum absolute atomic E-state index is 0.0767. The minimum atomic E-state index is -0.649. The molecule has 0 spiro atoms. The van der Waals surface area contributed by atoms with Crippen LogP contribution in [0.4, 0.5) is 0 Å². The van der Waals surface area contributed by atoms with Gasteiger partial charge in [0.25, 0.3) is 6.47 Å². The third-order valence-electron chi connectivity index (χ3n) is 6.08. The summed E-state index contributed by atoms with van der Waals surface area (Å²) >= 11 is 0. The van der Waals surface area contributed by atoms with E-state index in [1.165, 1.54) is 13.0 Å². The lowest BCUT2D eigenvalue weighted by atomic mass is 9.99. The van der Waals surface area contributed by atoms with Crippen molar-refractivity contribution < 1.29 is 38.1 Å². The van der Waals surface area contributed by atoms with E-state index in [-0.39, 0.29) is 35.0 Å². The highest BCUT2D eigenvalue weighted by Crippen LogP contribution is 2.36. The van der Waals surface area contributed by atoms with Crippen LogP contribution in [-0.2, 0) is 19.2 Å². The molecule has 0 aliphatic carbocycles. The molecule has 3 aromatic rings. The van der Waals surface area contributed by atoms with Crippen LogP contribution in [0.2, 0.25) is 0 Å². The molecule has 0 bridgehead atoms. The van der Waals surface area contributed by atoms with Gasteiger partial charge in [-0.1, -0.05) is 55.1 Å². The summed E-state index contributed by atoms with van der Waals surface area (Å²) in [6, 6.07) is 17.2. The van der Waals surface area contributed by atoms with Crippen molar-refractivity contribution in [2.75, 3.05) is 0 Å². The first-order chi connectivity index (χ1) is 19.6. The molecule has 0 amide bonds. The van der Waals surface area contributed by atoms with E-state index in [0.29, 0.717) is 22.3 Å². The number of benzene rings is 3. The molecule has 3 rings (SSSR count). The van der Waals surface area contributed by atoms with Crippen molar-refractivity contribution in [1.82, 2.24) is 0 Å².